The first-order valence-electron chi connectivity index (χ1n) is 11.6. The topological polar surface area (TPSA) is 110 Å². The molecule has 0 aromatic heterocycles. The molecule has 2 aromatic carbocycles. The number of rotatable bonds is 8. The average molecular weight is 573 g/mol. The lowest BCUT2D eigenvalue weighted by molar-refractivity contribution is -0.134. The lowest BCUT2D eigenvalue weighted by Crippen LogP contribution is -2.47. The van der Waals surface area contributed by atoms with Crippen molar-refractivity contribution in [1.29, 1.82) is 0 Å². The highest BCUT2D eigenvalue weighted by atomic mass is 35.5. The standard InChI is InChI=1S/C25H30ClFN2O6S2/c1-18(11-16-36(3,31)32)28-24(30)25(27)12-6-14-29(15-13-25)37(33,34)23-10-9-19(35-2)17-21(23)20-7-4-5-8-22(20)26/h4-5,7-11,16-18H,6,12-15H2,1-3H3,(H,28,30)/b16-11-/t18-,25+/m1/s1. The summed E-state index contributed by atoms with van der Waals surface area (Å²) >= 11 is 6.37. The molecular formula is C25H30ClFN2O6S2. The number of halogens is 2. The molecule has 1 heterocycles. The molecule has 2 aromatic rings. The van der Waals surface area contributed by atoms with E-state index < -0.39 is 37.5 Å². The van der Waals surface area contributed by atoms with Crippen LogP contribution in [0.25, 0.3) is 11.1 Å². The molecule has 1 aliphatic rings. The number of sulfone groups is 1. The number of nitrogens with zero attached hydrogens (tertiary/aromatic N) is 1. The van der Waals surface area contributed by atoms with E-state index in [1.54, 1.807) is 30.3 Å². The maximum atomic E-state index is 15.7. The van der Waals surface area contributed by atoms with Crippen molar-refractivity contribution in [3.8, 4) is 16.9 Å². The van der Waals surface area contributed by atoms with Crippen LogP contribution < -0.4 is 10.1 Å². The monoisotopic (exact) mass is 572 g/mol. The van der Waals surface area contributed by atoms with Gasteiger partial charge in [0.05, 0.1) is 12.0 Å². The molecule has 0 aliphatic carbocycles. The van der Waals surface area contributed by atoms with Crippen LogP contribution in [0.1, 0.15) is 26.2 Å². The number of benzene rings is 2. The average Bonchev–Trinajstić information content (AvgIpc) is 3.05. The molecule has 8 nitrogen and oxygen atoms in total. The SMILES string of the molecule is COc1ccc(S(=O)(=O)N2CCC[C@@](F)(C(=O)N[C@H](C)/C=C\S(C)(=O)=O)CC2)c(-c2ccccc2Cl)c1. The molecule has 1 aliphatic heterocycles. The van der Waals surface area contributed by atoms with Gasteiger partial charge in [-0.1, -0.05) is 35.9 Å². The van der Waals surface area contributed by atoms with Crippen molar-refractivity contribution in [1.82, 2.24) is 9.62 Å². The second-order valence-corrected chi connectivity index (χ2v) is 13.2. The van der Waals surface area contributed by atoms with Crippen molar-refractivity contribution in [3.63, 3.8) is 0 Å². The van der Waals surface area contributed by atoms with Gasteiger partial charge in [0.25, 0.3) is 5.91 Å². The summed E-state index contributed by atoms with van der Waals surface area (Å²) in [4.78, 5) is 12.7. The van der Waals surface area contributed by atoms with Gasteiger partial charge in [0.2, 0.25) is 10.0 Å². The van der Waals surface area contributed by atoms with Crippen LogP contribution in [-0.4, -0.2) is 65.2 Å². The molecule has 3 rings (SSSR count). The fourth-order valence-corrected chi connectivity index (χ4v) is 6.50. The third-order valence-corrected chi connectivity index (χ3v) is 9.02. The van der Waals surface area contributed by atoms with Crippen molar-refractivity contribution in [3.05, 3.63) is 59.0 Å². The molecule has 0 spiro atoms. The Morgan fingerprint density at radius 1 is 1.14 bits per heavy atom. The van der Waals surface area contributed by atoms with Crippen LogP contribution in [0, 0.1) is 0 Å². The first-order valence-corrected chi connectivity index (χ1v) is 15.4. The van der Waals surface area contributed by atoms with Gasteiger partial charge in [-0.2, -0.15) is 4.31 Å². The molecule has 0 bridgehead atoms. The fourth-order valence-electron chi connectivity index (χ4n) is 4.08. The Labute approximate surface area is 222 Å². The highest BCUT2D eigenvalue weighted by Gasteiger charge is 2.42. The molecule has 1 saturated heterocycles. The van der Waals surface area contributed by atoms with E-state index in [-0.39, 0.29) is 37.2 Å². The third-order valence-electron chi connectivity index (χ3n) is 6.09. The van der Waals surface area contributed by atoms with Crippen molar-refractivity contribution >= 4 is 37.4 Å². The predicted octanol–water partition coefficient (Wildman–Crippen LogP) is 3.96. The smallest absolute Gasteiger partial charge is 0.258 e. The Morgan fingerprint density at radius 3 is 2.49 bits per heavy atom. The van der Waals surface area contributed by atoms with Gasteiger partial charge in [-0.15, -0.1) is 0 Å². The highest BCUT2D eigenvalue weighted by Crippen LogP contribution is 2.38. The summed E-state index contributed by atoms with van der Waals surface area (Å²) in [6.07, 6.45) is 1.86. The van der Waals surface area contributed by atoms with Crippen LogP contribution in [0.3, 0.4) is 0 Å². The molecule has 0 unspecified atom stereocenters. The Bertz CT molecular complexity index is 1400. The summed E-state index contributed by atoms with van der Waals surface area (Å²) in [5.41, 5.74) is -1.44. The number of alkyl halides is 1. The van der Waals surface area contributed by atoms with Crippen LogP contribution in [-0.2, 0) is 24.7 Å². The number of carbonyl (C=O) groups excluding carboxylic acids is 1. The van der Waals surface area contributed by atoms with Crippen LogP contribution in [0.15, 0.2) is 58.8 Å². The summed E-state index contributed by atoms with van der Waals surface area (Å²) < 4.78 is 72.2. The number of nitrogens with one attached hydrogen (secondary N) is 1. The maximum absolute atomic E-state index is 15.7. The van der Waals surface area contributed by atoms with Gasteiger partial charge in [0.15, 0.2) is 15.5 Å². The first-order chi connectivity index (χ1) is 17.3. The van der Waals surface area contributed by atoms with Gasteiger partial charge in [-0.25, -0.2) is 21.2 Å². The summed E-state index contributed by atoms with van der Waals surface area (Å²) in [6.45, 7) is 1.34. The minimum Gasteiger partial charge on any atom is -0.497 e. The quantitative estimate of drug-likeness (QED) is 0.513. The minimum atomic E-state index is -4.09. The van der Waals surface area contributed by atoms with E-state index >= 15 is 4.39 Å². The molecule has 2 atom stereocenters. The molecule has 1 N–H and O–H groups in total. The Hall–Kier alpha value is -2.47. The van der Waals surface area contributed by atoms with E-state index in [2.05, 4.69) is 5.32 Å². The van der Waals surface area contributed by atoms with Crippen LogP contribution in [0.5, 0.6) is 5.75 Å². The lowest BCUT2D eigenvalue weighted by atomic mass is 9.95. The molecule has 12 heteroatoms. The van der Waals surface area contributed by atoms with Crippen LogP contribution in [0.2, 0.25) is 5.02 Å². The maximum Gasteiger partial charge on any atom is 0.258 e. The molecular weight excluding hydrogens is 543 g/mol. The zero-order valence-corrected chi connectivity index (χ0v) is 23.2. The fraction of sp³-hybridized carbons (Fsp3) is 0.400. The zero-order valence-electron chi connectivity index (χ0n) is 20.8. The molecule has 0 radical (unpaired) electrons. The normalized spacial score (nSPS) is 20.4. The molecule has 1 amide bonds. The lowest BCUT2D eigenvalue weighted by Gasteiger charge is -2.25. The van der Waals surface area contributed by atoms with Gasteiger partial charge in [0.1, 0.15) is 5.75 Å². The Kier molecular flexibility index (Phi) is 9.05. The van der Waals surface area contributed by atoms with E-state index in [1.165, 1.54) is 36.5 Å². The number of carbonyl (C=O) groups is 1. The van der Waals surface area contributed by atoms with Crippen molar-refractivity contribution in [2.75, 3.05) is 26.5 Å². The number of methoxy groups -OCH3 is 1. The molecule has 37 heavy (non-hydrogen) atoms. The van der Waals surface area contributed by atoms with Gasteiger partial charge in [-0.3, -0.25) is 4.79 Å². The molecule has 1 fully saturated rings. The van der Waals surface area contributed by atoms with Crippen molar-refractivity contribution in [2.45, 2.75) is 42.8 Å². The second kappa shape index (κ2) is 11.5. The van der Waals surface area contributed by atoms with E-state index in [1.807, 2.05) is 0 Å². The first kappa shape index (κ1) is 29.1. The van der Waals surface area contributed by atoms with Crippen LogP contribution >= 0.6 is 11.6 Å². The van der Waals surface area contributed by atoms with Crippen molar-refractivity contribution in [2.24, 2.45) is 0 Å². The van der Waals surface area contributed by atoms with Gasteiger partial charge < -0.3 is 10.1 Å². The third kappa shape index (κ3) is 7.10. The van der Waals surface area contributed by atoms with Gasteiger partial charge in [0, 0.05) is 53.4 Å². The van der Waals surface area contributed by atoms with Crippen LogP contribution in [0.4, 0.5) is 4.39 Å². The highest BCUT2D eigenvalue weighted by molar-refractivity contribution is 7.93. The van der Waals surface area contributed by atoms with E-state index in [0.717, 1.165) is 11.7 Å². The summed E-state index contributed by atoms with van der Waals surface area (Å²) in [5.74, 6) is -0.457. The zero-order chi connectivity index (χ0) is 27.4. The Morgan fingerprint density at radius 2 is 1.84 bits per heavy atom. The van der Waals surface area contributed by atoms with E-state index in [0.29, 0.717) is 21.9 Å². The van der Waals surface area contributed by atoms with E-state index in [4.69, 9.17) is 16.3 Å². The summed E-state index contributed by atoms with van der Waals surface area (Å²) in [7, 11) is -6.01. The predicted molar refractivity (Wildman–Crippen MR) is 141 cm³/mol. The minimum absolute atomic E-state index is 0.00301. The number of sulfonamides is 1. The number of hydrogen-bond acceptors (Lipinski definition) is 6. The molecule has 0 saturated carbocycles. The number of amides is 1. The van der Waals surface area contributed by atoms with Crippen molar-refractivity contribution < 1.29 is 30.8 Å². The van der Waals surface area contributed by atoms with Gasteiger partial charge >= 0.3 is 0 Å². The Balaban J connectivity index is 1.86. The van der Waals surface area contributed by atoms with Gasteiger partial charge in [-0.05, 0) is 44.0 Å². The summed E-state index contributed by atoms with van der Waals surface area (Å²) in [5, 5.41) is 3.77. The van der Waals surface area contributed by atoms with E-state index in [9.17, 15) is 21.6 Å². The number of ether oxygens (including phenoxy) is 1. The summed E-state index contributed by atoms with van der Waals surface area (Å²) in [6, 6.07) is 10.7. The largest absolute Gasteiger partial charge is 0.497 e. The number of hydrogen-bond donors (Lipinski definition) is 1. The second-order valence-electron chi connectivity index (χ2n) is 8.99. The molecule has 202 valence electrons.